The van der Waals surface area contributed by atoms with Gasteiger partial charge in [0, 0.05) is 17.2 Å². The highest BCUT2D eigenvalue weighted by atomic mass is 32.2. The van der Waals surface area contributed by atoms with Gasteiger partial charge in [-0.2, -0.15) is 0 Å². The molecule has 1 aromatic carbocycles. The minimum Gasteiger partial charge on any atom is -0.326 e. The zero-order chi connectivity index (χ0) is 8.81. The van der Waals surface area contributed by atoms with Crippen LogP contribution < -0.4 is 5.73 Å². The smallest absolute Gasteiger partial charge is 0.0988 e. The minimum atomic E-state index is -0.280. The van der Waals surface area contributed by atoms with E-state index >= 15 is 0 Å². The Morgan fingerprint density at radius 3 is 2.92 bits per heavy atom. The fourth-order valence-electron chi connectivity index (χ4n) is 0.919. The van der Waals surface area contributed by atoms with Gasteiger partial charge in [-0.3, -0.25) is 4.39 Å². The first kappa shape index (κ1) is 9.55. The molecule has 0 atom stereocenters. The van der Waals surface area contributed by atoms with Crippen molar-refractivity contribution < 1.29 is 4.39 Å². The summed E-state index contributed by atoms with van der Waals surface area (Å²) in [5, 5.41) is 0. The van der Waals surface area contributed by atoms with E-state index in [1.807, 2.05) is 24.3 Å². The van der Waals surface area contributed by atoms with Gasteiger partial charge in [0.1, 0.15) is 0 Å². The topological polar surface area (TPSA) is 26.0 Å². The number of hydrogen-bond acceptors (Lipinski definition) is 2. The van der Waals surface area contributed by atoms with E-state index in [0.717, 1.165) is 10.5 Å². The molecule has 0 heterocycles. The molecule has 0 aliphatic carbocycles. The van der Waals surface area contributed by atoms with Gasteiger partial charge in [0.15, 0.2) is 0 Å². The van der Waals surface area contributed by atoms with Gasteiger partial charge < -0.3 is 5.73 Å². The summed E-state index contributed by atoms with van der Waals surface area (Å²) in [4.78, 5) is 1.09. The van der Waals surface area contributed by atoms with E-state index < -0.39 is 0 Å². The number of halogens is 1. The lowest BCUT2D eigenvalue weighted by Gasteiger charge is -2.00. The number of alkyl halides is 1. The highest BCUT2D eigenvalue weighted by Gasteiger charge is 1.94. The first-order chi connectivity index (χ1) is 5.86. The van der Waals surface area contributed by atoms with Crippen molar-refractivity contribution >= 4 is 11.8 Å². The van der Waals surface area contributed by atoms with E-state index in [9.17, 15) is 4.39 Å². The van der Waals surface area contributed by atoms with Crippen molar-refractivity contribution in [1.82, 2.24) is 0 Å². The van der Waals surface area contributed by atoms with Gasteiger partial charge in [-0.15, -0.1) is 11.8 Å². The first-order valence-electron chi connectivity index (χ1n) is 3.84. The molecule has 1 nitrogen and oxygen atoms in total. The second-order valence-corrected chi connectivity index (χ2v) is 3.56. The van der Waals surface area contributed by atoms with Crippen molar-refractivity contribution in [3.63, 3.8) is 0 Å². The highest BCUT2D eigenvalue weighted by Crippen LogP contribution is 2.18. The number of thioether (sulfide) groups is 1. The Morgan fingerprint density at radius 2 is 2.25 bits per heavy atom. The van der Waals surface area contributed by atoms with E-state index in [0.29, 0.717) is 12.3 Å². The maximum atomic E-state index is 11.8. The van der Waals surface area contributed by atoms with Crippen molar-refractivity contribution in [1.29, 1.82) is 0 Å². The number of rotatable bonds is 4. The Balaban J connectivity index is 2.60. The molecule has 0 saturated carbocycles. The van der Waals surface area contributed by atoms with Crippen molar-refractivity contribution in [2.75, 3.05) is 12.4 Å². The summed E-state index contributed by atoms with van der Waals surface area (Å²) in [5.74, 6) is 0.522. The lowest BCUT2D eigenvalue weighted by atomic mass is 10.2. The van der Waals surface area contributed by atoms with Gasteiger partial charge in [0.2, 0.25) is 0 Å². The monoisotopic (exact) mass is 185 g/mol. The average Bonchev–Trinajstić information content (AvgIpc) is 2.15. The molecule has 0 aliphatic rings. The summed E-state index contributed by atoms with van der Waals surface area (Å²) in [6.45, 7) is 0.265. The van der Waals surface area contributed by atoms with E-state index in [-0.39, 0.29) is 6.67 Å². The van der Waals surface area contributed by atoms with E-state index in [4.69, 9.17) is 5.73 Å². The van der Waals surface area contributed by atoms with Crippen LogP contribution in [0.1, 0.15) is 5.56 Å². The molecule has 0 aliphatic heterocycles. The van der Waals surface area contributed by atoms with Crippen LogP contribution in [0, 0.1) is 0 Å². The average molecular weight is 185 g/mol. The summed E-state index contributed by atoms with van der Waals surface area (Å²) < 4.78 is 11.8. The second-order valence-electron chi connectivity index (χ2n) is 2.39. The maximum absolute atomic E-state index is 11.8. The molecule has 3 heteroatoms. The Kier molecular flexibility index (Phi) is 4.11. The molecule has 0 bridgehead atoms. The standard InChI is InChI=1S/C9H12FNS/c10-4-5-12-9-3-1-2-8(6-9)7-11/h1-3,6H,4-5,7,11H2. The Morgan fingerprint density at radius 1 is 1.42 bits per heavy atom. The van der Waals surface area contributed by atoms with Crippen LogP contribution in [0.5, 0.6) is 0 Å². The minimum absolute atomic E-state index is 0.280. The van der Waals surface area contributed by atoms with Crippen molar-refractivity contribution in [2.45, 2.75) is 11.4 Å². The van der Waals surface area contributed by atoms with Crippen LogP contribution in [0.25, 0.3) is 0 Å². The third-order valence-corrected chi connectivity index (χ3v) is 2.43. The van der Waals surface area contributed by atoms with Crippen LogP contribution in [-0.4, -0.2) is 12.4 Å². The second kappa shape index (κ2) is 5.17. The van der Waals surface area contributed by atoms with Crippen molar-refractivity contribution in [3.8, 4) is 0 Å². The Hall–Kier alpha value is -0.540. The van der Waals surface area contributed by atoms with E-state index in [1.165, 1.54) is 11.8 Å². The SMILES string of the molecule is NCc1cccc(SCCF)c1. The summed E-state index contributed by atoms with van der Waals surface area (Å²) in [6.07, 6.45) is 0. The lowest BCUT2D eigenvalue weighted by Crippen LogP contribution is -1.95. The number of benzene rings is 1. The van der Waals surface area contributed by atoms with Crippen LogP contribution in [0.2, 0.25) is 0 Å². The Bertz CT molecular complexity index is 240. The van der Waals surface area contributed by atoms with Gasteiger partial charge >= 0.3 is 0 Å². The summed E-state index contributed by atoms with van der Waals surface area (Å²) in [7, 11) is 0. The molecule has 12 heavy (non-hydrogen) atoms. The summed E-state index contributed by atoms with van der Waals surface area (Å²) in [5.41, 5.74) is 6.56. The number of nitrogens with two attached hydrogens (primary N) is 1. The van der Waals surface area contributed by atoms with Gasteiger partial charge in [-0.1, -0.05) is 12.1 Å². The molecular formula is C9H12FNS. The van der Waals surface area contributed by atoms with Crippen LogP contribution in [0.4, 0.5) is 4.39 Å². The zero-order valence-electron chi connectivity index (χ0n) is 6.79. The molecule has 0 radical (unpaired) electrons. The van der Waals surface area contributed by atoms with Gasteiger partial charge in [0.25, 0.3) is 0 Å². The largest absolute Gasteiger partial charge is 0.326 e. The van der Waals surface area contributed by atoms with Crippen LogP contribution in [0.15, 0.2) is 29.2 Å². The van der Waals surface area contributed by atoms with Crippen molar-refractivity contribution in [3.05, 3.63) is 29.8 Å². The normalized spacial score (nSPS) is 10.2. The zero-order valence-corrected chi connectivity index (χ0v) is 7.61. The number of hydrogen-bond donors (Lipinski definition) is 1. The molecule has 1 rings (SSSR count). The third kappa shape index (κ3) is 2.83. The molecule has 2 N–H and O–H groups in total. The highest BCUT2D eigenvalue weighted by molar-refractivity contribution is 7.99. The van der Waals surface area contributed by atoms with Crippen LogP contribution in [0.3, 0.4) is 0 Å². The molecule has 0 unspecified atom stereocenters. The van der Waals surface area contributed by atoms with Gasteiger partial charge in [0.05, 0.1) is 6.67 Å². The Labute approximate surface area is 76.2 Å². The predicted molar refractivity (Wildman–Crippen MR) is 51.0 cm³/mol. The third-order valence-electron chi connectivity index (χ3n) is 1.48. The molecule has 0 spiro atoms. The molecule has 0 fully saturated rings. The molecule has 0 aromatic heterocycles. The van der Waals surface area contributed by atoms with Crippen molar-refractivity contribution in [2.24, 2.45) is 5.73 Å². The summed E-state index contributed by atoms with van der Waals surface area (Å²) in [6, 6.07) is 7.89. The molecule has 0 amide bonds. The fourth-order valence-corrected chi connectivity index (χ4v) is 1.64. The fraction of sp³-hybridized carbons (Fsp3) is 0.333. The molecule has 0 saturated heterocycles. The molecule has 1 aromatic rings. The van der Waals surface area contributed by atoms with Crippen LogP contribution >= 0.6 is 11.8 Å². The maximum Gasteiger partial charge on any atom is 0.0988 e. The van der Waals surface area contributed by atoms with E-state index in [1.54, 1.807) is 0 Å². The molecule has 66 valence electrons. The quantitative estimate of drug-likeness (QED) is 0.728. The first-order valence-corrected chi connectivity index (χ1v) is 4.83. The van der Waals surface area contributed by atoms with Crippen LogP contribution in [-0.2, 0) is 6.54 Å². The predicted octanol–water partition coefficient (Wildman–Crippen LogP) is 2.21. The summed E-state index contributed by atoms with van der Waals surface area (Å²) >= 11 is 1.52. The lowest BCUT2D eigenvalue weighted by molar-refractivity contribution is 0.533. The van der Waals surface area contributed by atoms with E-state index in [2.05, 4.69) is 0 Å². The van der Waals surface area contributed by atoms with Gasteiger partial charge in [-0.25, -0.2) is 0 Å². The van der Waals surface area contributed by atoms with Gasteiger partial charge in [-0.05, 0) is 17.7 Å². The molecular weight excluding hydrogens is 173 g/mol.